The van der Waals surface area contributed by atoms with Gasteiger partial charge in [-0.05, 0) is 29.7 Å². The molecule has 5 heteroatoms. The van der Waals surface area contributed by atoms with E-state index >= 15 is 0 Å². The topological polar surface area (TPSA) is 72.3 Å². The average molecular weight is 272 g/mol. The molecule has 1 N–H and O–H groups in total. The zero-order valence-corrected chi connectivity index (χ0v) is 11.6. The molecular formula is C15H16N2O3. The van der Waals surface area contributed by atoms with Crippen LogP contribution in [0.2, 0.25) is 0 Å². The molecule has 0 saturated heterocycles. The summed E-state index contributed by atoms with van der Waals surface area (Å²) in [6, 6.07) is 7.27. The Bertz CT molecular complexity index is 639. The molecule has 0 radical (unpaired) electrons. The Hall–Kier alpha value is -2.43. The molecule has 0 fully saturated rings. The Balaban J connectivity index is 2.52. The van der Waals surface area contributed by atoms with Crippen LogP contribution in [0.15, 0.2) is 30.6 Å². The maximum atomic E-state index is 11.0. The van der Waals surface area contributed by atoms with Crippen molar-refractivity contribution in [1.29, 1.82) is 0 Å². The van der Waals surface area contributed by atoms with Crippen LogP contribution in [0.25, 0.3) is 11.3 Å². The van der Waals surface area contributed by atoms with Gasteiger partial charge in [0.2, 0.25) is 0 Å². The van der Waals surface area contributed by atoms with Gasteiger partial charge in [-0.1, -0.05) is 19.9 Å². The number of aromatic carboxylic acids is 1. The van der Waals surface area contributed by atoms with Gasteiger partial charge in [0.25, 0.3) is 0 Å². The second-order valence-electron chi connectivity index (χ2n) is 4.71. The van der Waals surface area contributed by atoms with Crippen molar-refractivity contribution in [3.63, 3.8) is 0 Å². The van der Waals surface area contributed by atoms with Gasteiger partial charge < -0.3 is 9.84 Å². The third kappa shape index (κ3) is 2.77. The molecule has 0 amide bonds. The van der Waals surface area contributed by atoms with E-state index in [2.05, 4.69) is 23.8 Å². The fourth-order valence-corrected chi connectivity index (χ4v) is 1.90. The first-order chi connectivity index (χ1) is 9.52. The monoisotopic (exact) mass is 272 g/mol. The van der Waals surface area contributed by atoms with Crippen molar-refractivity contribution >= 4 is 5.97 Å². The van der Waals surface area contributed by atoms with E-state index < -0.39 is 5.97 Å². The number of hydrogen-bond donors (Lipinski definition) is 1. The normalized spacial score (nSPS) is 10.6. The van der Waals surface area contributed by atoms with E-state index in [1.165, 1.54) is 12.4 Å². The largest absolute Gasteiger partial charge is 0.496 e. The van der Waals surface area contributed by atoms with E-state index in [1.54, 1.807) is 7.11 Å². The van der Waals surface area contributed by atoms with Crippen LogP contribution in [-0.2, 0) is 0 Å². The molecule has 104 valence electrons. The number of carboxylic acids is 1. The van der Waals surface area contributed by atoms with E-state index in [4.69, 9.17) is 9.84 Å². The van der Waals surface area contributed by atoms with E-state index in [-0.39, 0.29) is 5.69 Å². The summed E-state index contributed by atoms with van der Waals surface area (Å²) in [5.74, 6) is -0.0180. The van der Waals surface area contributed by atoms with Crippen molar-refractivity contribution in [2.45, 2.75) is 19.8 Å². The number of benzene rings is 1. The number of methoxy groups -OCH3 is 1. The van der Waals surface area contributed by atoms with Gasteiger partial charge in [0.05, 0.1) is 12.8 Å². The summed E-state index contributed by atoms with van der Waals surface area (Å²) in [5, 5.41) is 8.98. The second-order valence-corrected chi connectivity index (χ2v) is 4.71. The summed E-state index contributed by atoms with van der Waals surface area (Å²) in [6.07, 6.45) is 1.24. The summed E-state index contributed by atoms with van der Waals surface area (Å²) in [5.41, 5.74) is 2.40. The molecule has 2 rings (SSSR count). The molecule has 0 atom stereocenters. The molecule has 1 aromatic heterocycles. The Kier molecular flexibility index (Phi) is 3.98. The van der Waals surface area contributed by atoms with Crippen LogP contribution in [0.1, 0.15) is 35.8 Å². The van der Waals surface area contributed by atoms with Crippen molar-refractivity contribution in [3.05, 3.63) is 41.9 Å². The minimum atomic E-state index is -1.08. The van der Waals surface area contributed by atoms with Gasteiger partial charge in [0.1, 0.15) is 12.1 Å². The van der Waals surface area contributed by atoms with E-state index in [9.17, 15) is 4.79 Å². The van der Waals surface area contributed by atoms with Gasteiger partial charge in [-0.2, -0.15) is 0 Å². The average Bonchev–Trinajstić information content (AvgIpc) is 2.46. The lowest BCUT2D eigenvalue weighted by molar-refractivity contribution is 0.0690. The zero-order valence-electron chi connectivity index (χ0n) is 11.6. The van der Waals surface area contributed by atoms with E-state index in [0.717, 1.165) is 11.1 Å². The molecule has 1 heterocycles. The Morgan fingerprint density at radius 3 is 2.60 bits per heavy atom. The lowest BCUT2D eigenvalue weighted by Crippen LogP contribution is -2.02. The Labute approximate surface area is 117 Å². The van der Waals surface area contributed by atoms with Gasteiger partial charge in [-0.3, -0.25) is 0 Å². The number of carboxylic acid groups (broad SMARTS) is 1. The van der Waals surface area contributed by atoms with Gasteiger partial charge in [0, 0.05) is 5.56 Å². The summed E-state index contributed by atoms with van der Waals surface area (Å²) >= 11 is 0. The van der Waals surface area contributed by atoms with Gasteiger partial charge >= 0.3 is 5.97 Å². The smallest absolute Gasteiger partial charge is 0.354 e. The molecule has 1 aromatic carbocycles. The molecule has 20 heavy (non-hydrogen) atoms. The highest BCUT2D eigenvalue weighted by molar-refractivity contribution is 5.86. The Morgan fingerprint density at radius 2 is 2.00 bits per heavy atom. The van der Waals surface area contributed by atoms with Crippen LogP contribution in [0, 0.1) is 0 Å². The van der Waals surface area contributed by atoms with Crippen molar-refractivity contribution < 1.29 is 14.6 Å². The first-order valence-electron chi connectivity index (χ1n) is 6.26. The second kappa shape index (κ2) is 5.69. The fraction of sp³-hybridized carbons (Fsp3) is 0.267. The van der Waals surface area contributed by atoms with Gasteiger partial charge in [-0.15, -0.1) is 0 Å². The van der Waals surface area contributed by atoms with E-state index in [0.29, 0.717) is 17.4 Å². The quantitative estimate of drug-likeness (QED) is 0.926. The van der Waals surface area contributed by atoms with E-state index in [1.807, 2.05) is 18.2 Å². The fourth-order valence-electron chi connectivity index (χ4n) is 1.90. The van der Waals surface area contributed by atoms with Gasteiger partial charge in [0.15, 0.2) is 5.69 Å². The maximum absolute atomic E-state index is 11.0. The highest BCUT2D eigenvalue weighted by Gasteiger charge is 2.12. The van der Waals surface area contributed by atoms with Crippen LogP contribution < -0.4 is 4.74 Å². The number of hydrogen-bond acceptors (Lipinski definition) is 4. The van der Waals surface area contributed by atoms with Gasteiger partial charge in [-0.25, -0.2) is 14.8 Å². The summed E-state index contributed by atoms with van der Waals surface area (Å²) < 4.78 is 5.38. The predicted octanol–water partition coefficient (Wildman–Crippen LogP) is 2.97. The third-order valence-electron chi connectivity index (χ3n) is 3.05. The van der Waals surface area contributed by atoms with Crippen molar-refractivity contribution in [1.82, 2.24) is 9.97 Å². The van der Waals surface area contributed by atoms with Crippen LogP contribution >= 0.6 is 0 Å². The van der Waals surface area contributed by atoms with Crippen LogP contribution in [-0.4, -0.2) is 28.2 Å². The Morgan fingerprint density at radius 1 is 1.25 bits per heavy atom. The van der Waals surface area contributed by atoms with Crippen molar-refractivity contribution in [2.75, 3.05) is 7.11 Å². The summed E-state index contributed by atoms with van der Waals surface area (Å²) in [6.45, 7) is 4.20. The van der Waals surface area contributed by atoms with Crippen molar-refractivity contribution in [3.8, 4) is 17.0 Å². The molecule has 0 aliphatic carbocycles. The maximum Gasteiger partial charge on any atom is 0.354 e. The molecule has 0 aliphatic rings. The number of ether oxygens (including phenoxy) is 1. The first-order valence-corrected chi connectivity index (χ1v) is 6.26. The predicted molar refractivity (Wildman–Crippen MR) is 75.1 cm³/mol. The molecular weight excluding hydrogens is 256 g/mol. The third-order valence-corrected chi connectivity index (χ3v) is 3.05. The van der Waals surface area contributed by atoms with Crippen LogP contribution in [0.5, 0.6) is 5.75 Å². The standard InChI is InChI=1S/C15H16N2O3/c1-9(2)10-4-5-11(14(6-10)20-3)12-7-13(15(18)19)17-8-16-12/h4-9H,1-3H3,(H,18,19). The molecule has 2 aromatic rings. The number of carbonyl (C=O) groups is 1. The molecule has 0 saturated carbocycles. The molecule has 0 spiro atoms. The summed E-state index contributed by atoms with van der Waals surface area (Å²) in [7, 11) is 1.59. The van der Waals surface area contributed by atoms with Crippen LogP contribution in [0.4, 0.5) is 0 Å². The van der Waals surface area contributed by atoms with Crippen molar-refractivity contribution in [2.24, 2.45) is 0 Å². The highest BCUT2D eigenvalue weighted by Crippen LogP contribution is 2.31. The zero-order chi connectivity index (χ0) is 14.7. The number of aromatic nitrogens is 2. The minimum absolute atomic E-state index is 0.0370. The molecule has 0 bridgehead atoms. The molecule has 0 unspecified atom stereocenters. The lowest BCUT2D eigenvalue weighted by atomic mass is 9.99. The first kappa shape index (κ1) is 14.0. The summed E-state index contributed by atoms with van der Waals surface area (Å²) in [4.78, 5) is 18.8. The highest BCUT2D eigenvalue weighted by atomic mass is 16.5. The van der Waals surface area contributed by atoms with Crippen LogP contribution in [0.3, 0.4) is 0 Å². The molecule has 5 nitrogen and oxygen atoms in total. The SMILES string of the molecule is COc1cc(C(C)C)ccc1-c1cc(C(=O)O)ncn1. The minimum Gasteiger partial charge on any atom is -0.496 e. The number of nitrogens with zero attached hydrogens (tertiary/aromatic N) is 2. The molecule has 0 aliphatic heterocycles. The lowest BCUT2D eigenvalue weighted by Gasteiger charge is -2.12. The number of rotatable bonds is 4.